The molecule has 1 aromatic carbocycles. The molecule has 0 radical (unpaired) electrons. The zero-order chi connectivity index (χ0) is 17.4. The number of carbonyl (C=O) groups excluding carboxylic acids is 1. The number of benzene rings is 1. The van der Waals surface area contributed by atoms with Crippen LogP contribution in [0.4, 0.5) is 10.1 Å². The third kappa shape index (κ3) is 5.66. The zero-order valence-electron chi connectivity index (χ0n) is 13.7. The summed E-state index contributed by atoms with van der Waals surface area (Å²) in [5.41, 5.74) is 1.78. The summed E-state index contributed by atoms with van der Waals surface area (Å²) < 4.78 is 12.8. The number of aliphatic imine (C=N–C) groups is 1. The van der Waals surface area contributed by atoms with Crippen LogP contribution in [0.15, 0.2) is 40.7 Å². The summed E-state index contributed by atoms with van der Waals surface area (Å²) in [6, 6.07) is 7.70. The molecule has 1 aromatic heterocycles. The number of rotatable bonds is 6. The highest BCUT2D eigenvalue weighted by atomic mass is 32.1. The average Bonchev–Trinajstić information content (AvgIpc) is 2.97. The van der Waals surface area contributed by atoms with Crippen molar-refractivity contribution >= 4 is 28.9 Å². The third-order valence-corrected chi connectivity index (χ3v) is 4.26. The van der Waals surface area contributed by atoms with Crippen LogP contribution in [0.3, 0.4) is 0 Å². The maximum Gasteiger partial charge on any atom is 0.246 e. The Kier molecular flexibility index (Phi) is 6.74. The van der Waals surface area contributed by atoms with Gasteiger partial charge >= 0.3 is 0 Å². The van der Waals surface area contributed by atoms with Crippen LogP contribution in [0.1, 0.15) is 17.4 Å². The van der Waals surface area contributed by atoms with E-state index in [0.29, 0.717) is 24.7 Å². The molecule has 24 heavy (non-hydrogen) atoms. The Morgan fingerprint density at radius 3 is 2.58 bits per heavy atom. The zero-order valence-corrected chi connectivity index (χ0v) is 14.5. The maximum absolute atomic E-state index is 12.8. The van der Waals surface area contributed by atoms with Gasteiger partial charge in [-0.2, -0.15) is 0 Å². The molecule has 0 aliphatic heterocycles. The highest BCUT2D eigenvalue weighted by Gasteiger charge is 2.05. The van der Waals surface area contributed by atoms with Gasteiger partial charge in [-0.25, -0.2) is 9.38 Å². The fourth-order valence-corrected chi connectivity index (χ4v) is 2.82. The van der Waals surface area contributed by atoms with Gasteiger partial charge < -0.3 is 16.0 Å². The predicted molar refractivity (Wildman–Crippen MR) is 96.9 cm³/mol. The largest absolute Gasteiger partial charge is 0.357 e. The highest BCUT2D eigenvalue weighted by Crippen LogP contribution is 2.14. The van der Waals surface area contributed by atoms with Gasteiger partial charge in [0.1, 0.15) is 12.4 Å². The summed E-state index contributed by atoms with van der Waals surface area (Å²) in [4.78, 5) is 17.4. The molecule has 2 aromatic rings. The van der Waals surface area contributed by atoms with E-state index in [4.69, 9.17) is 0 Å². The minimum absolute atomic E-state index is 0.0177. The quantitative estimate of drug-likeness (QED) is 0.555. The standard InChI is InChI=1S/C17H21FN4OS/c1-3-19-17(20-10-15-12(2)8-9-24-15)21-11-16(23)22-14-6-4-13(18)5-7-14/h4-9H,3,10-11H2,1-2H3,(H,22,23)(H2,19,20,21). The fourth-order valence-electron chi connectivity index (χ4n) is 1.98. The summed E-state index contributed by atoms with van der Waals surface area (Å²) in [5, 5.41) is 11.0. The molecule has 0 aliphatic rings. The second kappa shape index (κ2) is 9.02. The number of guanidine groups is 1. The molecule has 0 fully saturated rings. The normalized spacial score (nSPS) is 11.2. The molecule has 2 rings (SSSR count). The van der Waals surface area contributed by atoms with Gasteiger partial charge in [-0.05, 0) is 55.1 Å². The Morgan fingerprint density at radius 1 is 1.21 bits per heavy atom. The van der Waals surface area contributed by atoms with Crippen LogP contribution in [-0.4, -0.2) is 25.0 Å². The van der Waals surface area contributed by atoms with E-state index in [1.807, 2.05) is 12.3 Å². The van der Waals surface area contributed by atoms with Crippen molar-refractivity contribution in [1.29, 1.82) is 0 Å². The van der Waals surface area contributed by atoms with Crippen LogP contribution in [0, 0.1) is 12.7 Å². The molecule has 128 valence electrons. The van der Waals surface area contributed by atoms with Crippen LogP contribution in [0.25, 0.3) is 0 Å². The van der Waals surface area contributed by atoms with Crippen molar-refractivity contribution in [2.75, 3.05) is 18.4 Å². The molecule has 7 heteroatoms. The van der Waals surface area contributed by atoms with Crippen molar-refractivity contribution in [3.8, 4) is 0 Å². The van der Waals surface area contributed by atoms with E-state index in [-0.39, 0.29) is 18.3 Å². The number of nitrogens with zero attached hydrogens (tertiary/aromatic N) is 1. The lowest BCUT2D eigenvalue weighted by atomic mass is 10.3. The molecule has 5 nitrogen and oxygen atoms in total. The van der Waals surface area contributed by atoms with Gasteiger partial charge in [-0.3, -0.25) is 4.79 Å². The van der Waals surface area contributed by atoms with Crippen LogP contribution in [0.5, 0.6) is 0 Å². The number of hydrogen-bond donors (Lipinski definition) is 3. The van der Waals surface area contributed by atoms with Gasteiger partial charge in [-0.15, -0.1) is 11.3 Å². The predicted octanol–water partition coefficient (Wildman–Crippen LogP) is 2.89. The van der Waals surface area contributed by atoms with Crippen LogP contribution < -0.4 is 16.0 Å². The monoisotopic (exact) mass is 348 g/mol. The second-order valence-electron chi connectivity index (χ2n) is 5.13. The minimum atomic E-state index is -0.339. The molecule has 0 saturated carbocycles. The number of hydrogen-bond acceptors (Lipinski definition) is 3. The van der Waals surface area contributed by atoms with Gasteiger partial charge in [0, 0.05) is 17.1 Å². The number of anilines is 1. The van der Waals surface area contributed by atoms with Crippen LogP contribution >= 0.6 is 11.3 Å². The Hall–Kier alpha value is -2.41. The molecule has 0 atom stereocenters. The number of amides is 1. The van der Waals surface area contributed by atoms with Crippen LogP contribution in [0.2, 0.25) is 0 Å². The lowest BCUT2D eigenvalue weighted by molar-refractivity contribution is -0.114. The van der Waals surface area contributed by atoms with E-state index in [1.165, 1.54) is 34.7 Å². The topological polar surface area (TPSA) is 65.5 Å². The first-order chi connectivity index (χ1) is 11.6. The molecular weight excluding hydrogens is 327 g/mol. The van der Waals surface area contributed by atoms with Crippen LogP contribution in [-0.2, 0) is 11.3 Å². The van der Waals surface area contributed by atoms with Crippen molar-refractivity contribution in [2.45, 2.75) is 20.4 Å². The van der Waals surface area contributed by atoms with Crippen molar-refractivity contribution in [1.82, 2.24) is 10.6 Å². The van der Waals surface area contributed by atoms with E-state index >= 15 is 0 Å². The first kappa shape index (κ1) is 17.9. The SMILES string of the molecule is CCNC(=NCC(=O)Nc1ccc(F)cc1)NCc1sccc1C. The van der Waals surface area contributed by atoms with E-state index < -0.39 is 0 Å². The van der Waals surface area contributed by atoms with E-state index in [2.05, 4.69) is 33.9 Å². The Labute approximate surface area is 145 Å². The Bertz CT molecular complexity index is 697. The highest BCUT2D eigenvalue weighted by molar-refractivity contribution is 7.10. The van der Waals surface area contributed by atoms with Crippen molar-refractivity contribution in [3.05, 3.63) is 52.0 Å². The average molecular weight is 348 g/mol. The number of carbonyl (C=O) groups is 1. The fraction of sp³-hybridized carbons (Fsp3) is 0.294. The summed E-state index contributed by atoms with van der Waals surface area (Å²) >= 11 is 1.68. The molecular formula is C17H21FN4OS. The van der Waals surface area contributed by atoms with Gasteiger partial charge in [0.2, 0.25) is 5.91 Å². The Balaban J connectivity index is 1.88. The van der Waals surface area contributed by atoms with Crippen molar-refractivity contribution < 1.29 is 9.18 Å². The summed E-state index contributed by atoms with van der Waals surface area (Å²) in [7, 11) is 0. The van der Waals surface area contributed by atoms with E-state index in [9.17, 15) is 9.18 Å². The lowest BCUT2D eigenvalue weighted by Crippen LogP contribution is -2.37. The van der Waals surface area contributed by atoms with Gasteiger partial charge in [0.05, 0.1) is 6.54 Å². The van der Waals surface area contributed by atoms with Gasteiger partial charge in [0.15, 0.2) is 5.96 Å². The minimum Gasteiger partial charge on any atom is -0.357 e. The molecule has 1 amide bonds. The first-order valence-electron chi connectivity index (χ1n) is 7.69. The van der Waals surface area contributed by atoms with Crippen molar-refractivity contribution in [3.63, 3.8) is 0 Å². The molecule has 0 bridgehead atoms. The molecule has 1 heterocycles. The second-order valence-corrected chi connectivity index (χ2v) is 6.13. The van der Waals surface area contributed by atoms with Gasteiger partial charge in [-0.1, -0.05) is 0 Å². The number of thiophene rings is 1. The molecule has 0 spiro atoms. The smallest absolute Gasteiger partial charge is 0.246 e. The Morgan fingerprint density at radius 2 is 1.96 bits per heavy atom. The molecule has 0 aliphatic carbocycles. The van der Waals surface area contributed by atoms with E-state index in [1.54, 1.807) is 11.3 Å². The summed E-state index contributed by atoms with van der Waals surface area (Å²) in [6.45, 7) is 5.37. The summed E-state index contributed by atoms with van der Waals surface area (Å²) in [5.74, 6) is -0.0146. The third-order valence-electron chi connectivity index (χ3n) is 3.24. The van der Waals surface area contributed by atoms with Gasteiger partial charge in [0.25, 0.3) is 0 Å². The molecule has 0 unspecified atom stereocenters. The molecule has 0 saturated heterocycles. The van der Waals surface area contributed by atoms with E-state index in [0.717, 1.165) is 0 Å². The number of nitrogens with one attached hydrogen (secondary N) is 3. The lowest BCUT2D eigenvalue weighted by Gasteiger charge is -2.11. The number of halogens is 1. The first-order valence-corrected chi connectivity index (χ1v) is 8.57. The molecule has 3 N–H and O–H groups in total. The number of aryl methyl sites for hydroxylation is 1. The summed E-state index contributed by atoms with van der Waals surface area (Å²) in [6.07, 6.45) is 0. The van der Waals surface area contributed by atoms with Crippen molar-refractivity contribution in [2.24, 2.45) is 4.99 Å². The maximum atomic E-state index is 12.8.